The Kier molecular flexibility index (Phi) is 7.41. The van der Waals surface area contributed by atoms with Gasteiger partial charge >= 0.3 is 0 Å². The van der Waals surface area contributed by atoms with Gasteiger partial charge in [0.2, 0.25) is 11.8 Å². The number of aryl methyl sites for hydroxylation is 1. The molecule has 1 aliphatic carbocycles. The third-order valence-corrected chi connectivity index (χ3v) is 7.24. The SMILES string of the molecule is C[C@H](NC1CCc2cc(F)cc(F)c2C1)C(=O)Nc1cn(C(C)(C)C(=O)N2CCCC(C#N)C2)cn1. The van der Waals surface area contributed by atoms with Crippen LogP contribution in [0.3, 0.4) is 0 Å². The Morgan fingerprint density at radius 3 is 2.81 bits per heavy atom. The number of nitriles is 1. The highest BCUT2D eigenvalue weighted by Gasteiger charge is 2.36. The summed E-state index contributed by atoms with van der Waals surface area (Å²) in [5.41, 5.74) is 0.238. The second kappa shape index (κ2) is 10.3. The molecule has 1 saturated heterocycles. The largest absolute Gasteiger partial charge is 0.339 e. The summed E-state index contributed by atoms with van der Waals surface area (Å²) in [6.07, 6.45) is 6.32. The van der Waals surface area contributed by atoms with Crippen molar-refractivity contribution in [1.82, 2.24) is 19.8 Å². The number of hydrogen-bond acceptors (Lipinski definition) is 5. The Hall–Kier alpha value is -3.32. The first kappa shape index (κ1) is 25.8. The fourth-order valence-electron chi connectivity index (χ4n) is 5.05. The Bertz CT molecular complexity index is 1190. The van der Waals surface area contributed by atoms with Crippen molar-refractivity contribution >= 4 is 17.6 Å². The molecule has 2 amide bonds. The molecule has 0 radical (unpaired) electrons. The summed E-state index contributed by atoms with van der Waals surface area (Å²) < 4.78 is 29.3. The molecule has 2 N–H and O–H groups in total. The molecule has 1 aliphatic heterocycles. The highest BCUT2D eigenvalue weighted by atomic mass is 19.1. The number of amides is 2. The average molecular weight is 499 g/mol. The fourth-order valence-corrected chi connectivity index (χ4v) is 5.05. The quantitative estimate of drug-likeness (QED) is 0.637. The van der Waals surface area contributed by atoms with E-state index >= 15 is 0 Å². The minimum atomic E-state index is -0.934. The first-order valence-electron chi connectivity index (χ1n) is 12.4. The standard InChI is InChI=1S/C26H32F2N6O2/c1-16(31-20-7-6-18-9-19(27)10-22(28)21(18)11-20)24(35)32-23-14-34(15-30-23)26(2,3)25(36)33-8-4-5-17(12-29)13-33/h9-10,14-17,20,31H,4-8,11,13H2,1-3H3,(H,32,35)/t16-,17?,20?/m0/s1. The Morgan fingerprint density at radius 2 is 2.06 bits per heavy atom. The summed E-state index contributed by atoms with van der Waals surface area (Å²) >= 11 is 0. The number of imidazole rings is 1. The number of anilines is 1. The van der Waals surface area contributed by atoms with Crippen molar-refractivity contribution in [3.63, 3.8) is 0 Å². The molecule has 0 saturated carbocycles. The molecular formula is C26H32F2N6O2. The van der Waals surface area contributed by atoms with E-state index in [0.717, 1.165) is 18.9 Å². The van der Waals surface area contributed by atoms with Crippen LogP contribution in [0.4, 0.5) is 14.6 Å². The molecule has 4 rings (SSSR count). The van der Waals surface area contributed by atoms with Crippen LogP contribution >= 0.6 is 0 Å². The zero-order valence-electron chi connectivity index (χ0n) is 20.9. The predicted molar refractivity (Wildman–Crippen MR) is 130 cm³/mol. The van der Waals surface area contributed by atoms with Crippen molar-refractivity contribution in [2.45, 2.75) is 70.5 Å². The summed E-state index contributed by atoms with van der Waals surface area (Å²) in [6.45, 7) is 6.33. The van der Waals surface area contributed by atoms with Crippen molar-refractivity contribution in [3.05, 3.63) is 47.4 Å². The maximum atomic E-state index is 14.2. The van der Waals surface area contributed by atoms with E-state index in [2.05, 4.69) is 21.7 Å². The van der Waals surface area contributed by atoms with E-state index < -0.39 is 23.2 Å². The molecule has 8 nitrogen and oxygen atoms in total. The molecule has 0 spiro atoms. The summed E-state index contributed by atoms with van der Waals surface area (Å²) in [5, 5.41) is 15.2. The van der Waals surface area contributed by atoms with Crippen molar-refractivity contribution in [3.8, 4) is 6.07 Å². The van der Waals surface area contributed by atoms with Gasteiger partial charge in [0.15, 0.2) is 5.82 Å². The number of carbonyl (C=O) groups excluding carboxylic acids is 2. The third kappa shape index (κ3) is 5.41. The first-order chi connectivity index (χ1) is 17.1. The van der Waals surface area contributed by atoms with Gasteiger partial charge in [-0.25, -0.2) is 13.8 Å². The lowest BCUT2D eigenvalue weighted by molar-refractivity contribution is -0.140. The molecular weight excluding hydrogens is 466 g/mol. The number of fused-ring (bicyclic) bond motifs is 1. The van der Waals surface area contributed by atoms with Crippen molar-refractivity contribution in [2.24, 2.45) is 5.92 Å². The number of aromatic nitrogens is 2. The maximum absolute atomic E-state index is 14.2. The number of hydrogen-bond donors (Lipinski definition) is 2. The van der Waals surface area contributed by atoms with Gasteiger partial charge in [0, 0.05) is 31.4 Å². The minimum absolute atomic E-state index is 0.0996. The van der Waals surface area contributed by atoms with Gasteiger partial charge in [0.1, 0.15) is 17.2 Å². The van der Waals surface area contributed by atoms with E-state index in [-0.39, 0.29) is 23.8 Å². The number of rotatable bonds is 6. The van der Waals surface area contributed by atoms with E-state index in [1.54, 1.807) is 36.4 Å². The van der Waals surface area contributed by atoms with Crippen molar-refractivity contribution < 1.29 is 18.4 Å². The Morgan fingerprint density at radius 1 is 1.28 bits per heavy atom. The molecule has 1 fully saturated rings. The normalized spacial score (nSPS) is 20.8. The van der Waals surface area contributed by atoms with E-state index in [0.29, 0.717) is 49.3 Å². The molecule has 192 valence electrons. The van der Waals surface area contributed by atoms with E-state index in [1.165, 1.54) is 12.4 Å². The zero-order valence-corrected chi connectivity index (χ0v) is 20.9. The number of nitrogens with zero attached hydrogens (tertiary/aromatic N) is 4. The summed E-state index contributed by atoms with van der Waals surface area (Å²) in [7, 11) is 0. The average Bonchev–Trinajstić information content (AvgIpc) is 3.33. The predicted octanol–water partition coefficient (Wildman–Crippen LogP) is 3.13. The van der Waals surface area contributed by atoms with Crippen LogP contribution in [-0.4, -0.2) is 51.4 Å². The summed E-state index contributed by atoms with van der Waals surface area (Å²) in [6, 6.07) is 3.84. The first-order valence-corrected chi connectivity index (χ1v) is 12.4. The van der Waals surface area contributed by atoms with Crippen LogP contribution < -0.4 is 10.6 Å². The van der Waals surface area contributed by atoms with Crippen LogP contribution in [0.1, 0.15) is 51.2 Å². The van der Waals surface area contributed by atoms with Crippen molar-refractivity contribution in [2.75, 3.05) is 18.4 Å². The van der Waals surface area contributed by atoms with Crippen LogP contribution in [0.15, 0.2) is 24.7 Å². The van der Waals surface area contributed by atoms with Gasteiger partial charge in [-0.05, 0) is 70.1 Å². The van der Waals surface area contributed by atoms with Crippen molar-refractivity contribution in [1.29, 1.82) is 5.26 Å². The van der Waals surface area contributed by atoms with Crippen LogP contribution in [0.2, 0.25) is 0 Å². The smallest absolute Gasteiger partial charge is 0.248 e. The van der Waals surface area contributed by atoms with Gasteiger partial charge < -0.3 is 20.1 Å². The fraction of sp³-hybridized carbons (Fsp3) is 0.538. The number of likely N-dealkylation sites (tertiary alicyclic amines) is 1. The number of benzene rings is 1. The molecule has 2 aliphatic rings. The highest BCUT2D eigenvalue weighted by Crippen LogP contribution is 2.26. The van der Waals surface area contributed by atoms with E-state index in [1.807, 2.05) is 0 Å². The molecule has 2 heterocycles. The Labute approximate surface area is 209 Å². The second-order valence-electron chi connectivity index (χ2n) is 10.3. The van der Waals surface area contributed by atoms with Gasteiger partial charge in [0.25, 0.3) is 0 Å². The zero-order chi connectivity index (χ0) is 26.0. The highest BCUT2D eigenvalue weighted by molar-refractivity contribution is 5.93. The lowest BCUT2D eigenvalue weighted by Crippen LogP contribution is -2.50. The number of halogens is 2. The molecule has 3 atom stereocenters. The number of piperidine rings is 1. The lowest BCUT2D eigenvalue weighted by Gasteiger charge is -2.36. The molecule has 1 aromatic heterocycles. The van der Waals surface area contributed by atoms with Crippen LogP contribution in [-0.2, 0) is 28.0 Å². The van der Waals surface area contributed by atoms with Gasteiger partial charge in [-0.3, -0.25) is 9.59 Å². The van der Waals surface area contributed by atoms with Gasteiger partial charge in [-0.15, -0.1) is 0 Å². The molecule has 1 aromatic carbocycles. The lowest BCUT2D eigenvalue weighted by atomic mass is 9.87. The van der Waals surface area contributed by atoms with Gasteiger partial charge in [-0.1, -0.05) is 0 Å². The van der Waals surface area contributed by atoms with Crippen LogP contribution in [0.25, 0.3) is 0 Å². The molecule has 0 bridgehead atoms. The monoisotopic (exact) mass is 498 g/mol. The van der Waals surface area contributed by atoms with Gasteiger partial charge in [-0.2, -0.15) is 5.26 Å². The molecule has 2 unspecified atom stereocenters. The number of nitrogens with one attached hydrogen (secondary N) is 2. The topological polar surface area (TPSA) is 103 Å². The van der Waals surface area contributed by atoms with Crippen LogP contribution in [0.5, 0.6) is 0 Å². The molecule has 10 heteroatoms. The van der Waals surface area contributed by atoms with E-state index in [9.17, 15) is 23.6 Å². The molecule has 36 heavy (non-hydrogen) atoms. The minimum Gasteiger partial charge on any atom is -0.339 e. The third-order valence-electron chi connectivity index (χ3n) is 7.24. The van der Waals surface area contributed by atoms with Crippen LogP contribution in [0, 0.1) is 28.9 Å². The summed E-state index contributed by atoms with van der Waals surface area (Å²) in [4.78, 5) is 32.0. The van der Waals surface area contributed by atoms with Gasteiger partial charge in [0.05, 0.1) is 24.4 Å². The Balaban J connectivity index is 1.35. The summed E-state index contributed by atoms with van der Waals surface area (Å²) in [5.74, 6) is -1.36. The van der Waals surface area contributed by atoms with E-state index in [4.69, 9.17) is 0 Å². The molecule has 2 aromatic rings. The maximum Gasteiger partial charge on any atom is 0.248 e. The second-order valence-corrected chi connectivity index (χ2v) is 10.3. The number of carbonyl (C=O) groups is 2.